The van der Waals surface area contributed by atoms with E-state index in [9.17, 15) is 13.6 Å². The third kappa shape index (κ3) is 3.27. The number of aromatic nitrogens is 2. The summed E-state index contributed by atoms with van der Waals surface area (Å²) < 4.78 is 28.0. The fourth-order valence-electron chi connectivity index (χ4n) is 2.46. The second-order valence-electron chi connectivity index (χ2n) is 5.50. The zero-order valence-corrected chi connectivity index (χ0v) is 14.1. The Morgan fingerprint density at radius 2 is 1.73 bits per heavy atom. The quantitative estimate of drug-likeness (QED) is 0.534. The van der Waals surface area contributed by atoms with Crippen molar-refractivity contribution in [2.75, 3.05) is 10.6 Å². The van der Waals surface area contributed by atoms with Crippen molar-refractivity contribution in [1.29, 1.82) is 0 Å². The van der Waals surface area contributed by atoms with E-state index in [0.29, 0.717) is 5.69 Å². The number of nitrogens with one attached hydrogen (secondary N) is 2. The first-order chi connectivity index (χ1) is 12.6. The molecule has 8 heteroatoms. The van der Waals surface area contributed by atoms with Crippen LogP contribution >= 0.6 is 11.3 Å². The van der Waals surface area contributed by atoms with Gasteiger partial charge in [0, 0.05) is 40.8 Å². The maximum atomic E-state index is 13.2. The lowest BCUT2D eigenvalue weighted by Gasteiger charge is -2.08. The molecule has 0 bridgehead atoms. The Balaban J connectivity index is 1.44. The summed E-state index contributed by atoms with van der Waals surface area (Å²) in [4.78, 5) is 17.4. The molecule has 2 amide bonds. The van der Waals surface area contributed by atoms with Gasteiger partial charge in [-0.2, -0.15) is 0 Å². The van der Waals surface area contributed by atoms with Crippen molar-refractivity contribution in [2.24, 2.45) is 0 Å². The highest BCUT2D eigenvalue weighted by Crippen LogP contribution is 2.23. The molecule has 0 aliphatic heterocycles. The number of halogens is 2. The van der Waals surface area contributed by atoms with Gasteiger partial charge >= 0.3 is 6.03 Å². The summed E-state index contributed by atoms with van der Waals surface area (Å²) in [5.41, 5.74) is 2.49. The second kappa shape index (κ2) is 6.57. The molecule has 5 nitrogen and oxygen atoms in total. The molecule has 0 saturated heterocycles. The number of benzene rings is 2. The smallest absolute Gasteiger partial charge is 0.308 e. The maximum Gasteiger partial charge on any atom is 0.323 e. The number of amides is 2. The summed E-state index contributed by atoms with van der Waals surface area (Å²) in [5.74, 6) is -1.99. The molecule has 0 radical (unpaired) electrons. The number of carbonyl (C=O) groups is 1. The number of thiazole rings is 1. The van der Waals surface area contributed by atoms with E-state index in [-0.39, 0.29) is 5.69 Å². The predicted octanol–water partition coefficient (Wildman–Crippen LogP) is 4.99. The SMILES string of the molecule is O=C(Nc1ccc(-c2cn3ccsc3n2)cc1)Nc1ccc(F)c(F)c1. The molecule has 2 heterocycles. The van der Waals surface area contributed by atoms with Crippen LogP contribution in [0.3, 0.4) is 0 Å². The molecule has 0 atom stereocenters. The summed E-state index contributed by atoms with van der Waals surface area (Å²) in [6, 6.07) is 9.79. The minimum atomic E-state index is -1.02. The third-order valence-corrected chi connectivity index (χ3v) is 4.48. The number of imidazole rings is 1. The van der Waals surface area contributed by atoms with Gasteiger partial charge in [-0.3, -0.25) is 4.40 Å². The fourth-order valence-corrected chi connectivity index (χ4v) is 3.16. The van der Waals surface area contributed by atoms with Crippen LogP contribution in [0.4, 0.5) is 25.0 Å². The van der Waals surface area contributed by atoms with Gasteiger partial charge in [0.1, 0.15) is 0 Å². The van der Waals surface area contributed by atoms with Crippen molar-refractivity contribution in [1.82, 2.24) is 9.38 Å². The lowest BCUT2D eigenvalue weighted by atomic mass is 10.1. The fraction of sp³-hybridized carbons (Fsp3) is 0. The zero-order valence-electron chi connectivity index (χ0n) is 13.2. The van der Waals surface area contributed by atoms with Crippen LogP contribution in [0.1, 0.15) is 0 Å². The lowest BCUT2D eigenvalue weighted by molar-refractivity contribution is 0.262. The molecule has 2 aromatic carbocycles. The number of carbonyl (C=O) groups excluding carboxylic acids is 1. The van der Waals surface area contributed by atoms with Gasteiger partial charge in [0.25, 0.3) is 0 Å². The van der Waals surface area contributed by atoms with Crippen molar-refractivity contribution >= 4 is 33.7 Å². The average molecular weight is 370 g/mol. The van der Waals surface area contributed by atoms with Gasteiger partial charge < -0.3 is 10.6 Å². The molecular formula is C18H12F2N4OS. The highest BCUT2D eigenvalue weighted by Gasteiger charge is 2.08. The Morgan fingerprint density at radius 3 is 2.46 bits per heavy atom. The monoisotopic (exact) mass is 370 g/mol. The van der Waals surface area contributed by atoms with E-state index >= 15 is 0 Å². The summed E-state index contributed by atoms with van der Waals surface area (Å²) in [6.45, 7) is 0. The molecule has 0 spiro atoms. The molecule has 2 N–H and O–H groups in total. The van der Waals surface area contributed by atoms with Crippen LogP contribution < -0.4 is 10.6 Å². The van der Waals surface area contributed by atoms with Crippen molar-refractivity contribution in [3.63, 3.8) is 0 Å². The maximum absolute atomic E-state index is 13.2. The molecule has 0 saturated carbocycles. The number of rotatable bonds is 3. The summed E-state index contributed by atoms with van der Waals surface area (Å²) in [7, 11) is 0. The minimum absolute atomic E-state index is 0.163. The van der Waals surface area contributed by atoms with Crippen LogP contribution in [-0.4, -0.2) is 15.4 Å². The molecule has 26 heavy (non-hydrogen) atoms. The Morgan fingerprint density at radius 1 is 1.00 bits per heavy atom. The molecule has 4 aromatic rings. The van der Waals surface area contributed by atoms with Crippen LogP contribution in [0.15, 0.2) is 60.2 Å². The van der Waals surface area contributed by atoms with E-state index in [4.69, 9.17) is 0 Å². The number of urea groups is 1. The van der Waals surface area contributed by atoms with Crippen molar-refractivity contribution in [2.45, 2.75) is 0 Å². The molecule has 4 rings (SSSR count). The average Bonchev–Trinajstić information content (AvgIpc) is 3.21. The highest BCUT2D eigenvalue weighted by molar-refractivity contribution is 7.15. The van der Waals surface area contributed by atoms with E-state index in [2.05, 4.69) is 15.6 Å². The van der Waals surface area contributed by atoms with E-state index in [1.54, 1.807) is 23.5 Å². The summed E-state index contributed by atoms with van der Waals surface area (Å²) in [6.07, 6.45) is 3.87. The molecule has 2 aromatic heterocycles. The first-order valence-corrected chi connectivity index (χ1v) is 8.52. The normalized spacial score (nSPS) is 10.8. The Kier molecular flexibility index (Phi) is 4.10. The summed E-state index contributed by atoms with van der Waals surface area (Å²) >= 11 is 1.55. The highest BCUT2D eigenvalue weighted by atomic mass is 32.1. The Bertz CT molecular complexity index is 1060. The van der Waals surface area contributed by atoms with Gasteiger partial charge in [0.05, 0.1) is 5.69 Å². The Hall–Kier alpha value is -3.26. The minimum Gasteiger partial charge on any atom is -0.308 e. The van der Waals surface area contributed by atoms with Crippen molar-refractivity contribution < 1.29 is 13.6 Å². The van der Waals surface area contributed by atoms with E-state index in [1.165, 1.54) is 6.07 Å². The standard InChI is InChI=1S/C18H12F2N4OS/c19-14-6-5-13(9-15(14)20)22-17(25)21-12-3-1-11(2-4-12)16-10-24-7-8-26-18(24)23-16/h1-10H,(H2,21,22,25). The number of fused-ring (bicyclic) bond motifs is 1. The van der Waals surface area contributed by atoms with E-state index < -0.39 is 17.7 Å². The van der Waals surface area contributed by atoms with E-state index in [1.807, 2.05) is 34.3 Å². The van der Waals surface area contributed by atoms with Crippen LogP contribution in [0, 0.1) is 11.6 Å². The topological polar surface area (TPSA) is 58.4 Å². The largest absolute Gasteiger partial charge is 0.323 e. The molecular weight excluding hydrogens is 358 g/mol. The van der Waals surface area contributed by atoms with Crippen LogP contribution in [0.5, 0.6) is 0 Å². The number of nitrogens with zero attached hydrogens (tertiary/aromatic N) is 2. The summed E-state index contributed by atoms with van der Waals surface area (Å²) in [5, 5.41) is 7.05. The molecule has 0 aliphatic carbocycles. The molecule has 0 aliphatic rings. The van der Waals surface area contributed by atoms with Gasteiger partial charge in [0.15, 0.2) is 16.6 Å². The van der Waals surface area contributed by atoms with Gasteiger partial charge in [-0.25, -0.2) is 18.6 Å². The van der Waals surface area contributed by atoms with Gasteiger partial charge in [0.2, 0.25) is 0 Å². The molecule has 130 valence electrons. The number of hydrogen-bond acceptors (Lipinski definition) is 3. The lowest BCUT2D eigenvalue weighted by Crippen LogP contribution is -2.19. The van der Waals surface area contributed by atoms with Gasteiger partial charge in [-0.1, -0.05) is 12.1 Å². The first kappa shape index (κ1) is 16.2. The van der Waals surface area contributed by atoms with Crippen molar-refractivity contribution in [3.8, 4) is 11.3 Å². The molecule has 0 unspecified atom stereocenters. The van der Waals surface area contributed by atoms with Gasteiger partial charge in [-0.15, -0.1) is 11.3 Å². The second-order valence-corrected chi connectivity index (χ2v) is 6.38. The van der Waals surface area contributed by atoms with Crippen LogP contribution in [-0.2, 0) is 0 Å². The van der Waals surface area contributed by atoms with Crippen LogP contribution in [0.25, 0.3) is 16.2 Å². The first-order valence-electron chi connectivity index (χ1n) is 7.64. The zero-order chi connectivity index (χ0) is 18.1. The predicted molar refractivity (Wildman–Crippen MR) is 97.5 cm³/mol. The van der Waals surface area contributed by atoms with E-state index in [0.717, 1.165) is 28.4 Å². The third-order valence-electron chi connectivity index (χ3n) is 3.71. The number of anilines is 2. The number of hydrogen-bond donors (Lipinski definition) is 2. The van der Waals surface area contributed by atoms with Gasteiger partial charge in [-0.05, 0) is 24.3 Å². The van der Waals surface area contributed by atoms with Crippen molar-refractivity contribution in [3.05, 3.63) is 71.9 Å². The molecule has 0 fully saturated rings. The van der Waals surface area contributed by atoms with Crippen LogP contribution in [0.2, 0.25) is 0 Å². The Labute approximate surface area is 150 Å².